The summed E-state index contributed by atoms with van der Waals surface area (Å²) in [5, 5.41) is 3.62. The fourth-order valence-corrected chi connectivity index (χ4v) is 4.29. The first-order chi connectivity index (χ1) is 15.7. The van der Waals surface area contributed by atoms with Gasteiger partial charge in [0.05, 0.1) is 17.6 Å². The summed E-state index contributed by atoms with van der Waals surface area (Å²) in [5.41, 5.74) is 3.17. The maximum atomic E-state index is 12.4. The monoisotopic (exact) mass is 436 g/mol. The van der Waals surface area contributed by atoms with Crippen molar-refractivity contribution >= 4 is 11.2 Å². The maximum absolute atomic E-state index is 12.4. The molecule has 0 spiro atoms. The van der Waals surface area contributed by atoms with Crippen LogP contribution in [0, 0.1) is 6.92 Å². The van der Waals surface area contributed by atoms with Gasteiger partial charge in [0.25, 0.3) is 5.56 Å². The van der Waals surface area contributed by atoms with E-state index in [4.69, 9.17) is 9.47 Å². The smallest absolute Gasteiger partial charge is 0.252 e. The Labute approximate surface area is 186 Å². The van der Waals surface area contributed by atoms with Gasteiger partial charge in [0.15, 0.2) is 17.1 Å². The van der Waals surface area contributed by atoms with E-state index in [0.29, 0.717) is 38.0 Å². The van der Waals surface area contributed by atoms with E-state index in [-0.39, 0.29) is 5.56 Å². The minimum absolute atomic E-state index is 0.0270. The number of pyridine rings is 2. The van der Waals surface area contributed by atoms with Crippen LogP contribution in [0.4, 0.5) is 0 Å². The molecule has 5 heterocycles. The van der Waals surface area contributed by atoms with Crippen LogP contribution in [0.5, 0.6) is 11.5 Å². The van der Waals surface area contributed by atoms with Crippen molar-refractivity contribution in [1.29, 1.82) is 0 Å². The Morgan fingerprint density at radius 1 is 1.06 bits per heavy atom. The van der Waals surface area contributed by atoms with Gasteiger partial charge in [-0.2, -0.15) is 0 Å². The van der Waals surface area contributed by atoms with E-state index in [1.807, 2.05) is 13.0 Å². The molecule has 0 atom stereocenters. The number of hydrogen-bond donors (Lipinski definition) is 1. The number of fused-ring (bicyclic) bond motifs is 2. The van der Waals surface area contributed by atoms with Crippen LogP contribution in [0.2, 0.25) is 0 Å². The maximum Gasteiger partial charge on any atom is 0.252 e. The molecule has 1 saturated heterocycles. The molecule has 1 fully saturated rings. The number of nitrogens with zero attached hydrogens (tertiary/aromatic N) is 5. The standard InChI is InChI=1S/C23H28N6O3/c1-16-13-26-19-2-3-22(30)29(23(19)27-16)9-8-28-6-4-17(5-7-28)24-14-18-12-20-21(15-25-18)32-11-10-31-20/h2-3,12-13,15,17,24H,4-11,14H2,1H3. The predicted octanol–water partition coefficient (Wildman–Crippen LogP) is 1.52. The molecule has 9 nitrogen and oxygen atoms in total. The second-order valence-electron chi connectivity index (χ2n) is 8.36. The zero-order valence-electron chi connectivity index (χ0n) is 18.3. The quantitative estimate of drug-likeness (QED) is 0.622. The lowest BCUT2D eigenvalue weighted by Crippen LogP contribution is -2.43. The number of rotatable bonds is 6. The lowest BCUT2D eigenvalue weighted by Gasteiger charge is -2.32. The summed E-state index contributed by atoms with van der Waals surface area (Å²) in [7, 11) is 0. The summed E-state index contributed by atoms with van der Waals surface area (Å²) in [6.07, 6.45) is 5.60. The van der Waals surface area contributed by atoms with Gasteiger partial charge in [-0.1, -0.05) is 0 Å². The van der Waals surface area contributed by atoms with Crippen molar-refractivity contribution in [3.05, 3.63) is 52.3 Å². The zero-order chi connectivity index (χ0) is 21.9. The molecular formula is C23H28N6O3. The molecule has 2 aliphatic heterocycles. The summed E-state index contributed by atoms with van der Waals surface area (Å²) in [6, 6.07) is 5.74. The molecule has 0 radical (unpaired) electrons. The highest BCUT2D eigenvalue weighted by Gasteiger charge is 2.20. The molecule has 9 heteroatoms. The first kappa shape index (κ1) is 20.8. The molecule has 1 N–H and O–H groups in total. The highest BCUT2D eigenvalue weighted by molar-refractivity contribution is 5.69. The summed E-state index contributed by atoms with van der Waals surface area (Å²) >= 11 is 0. The molecule has 5 rings (SSSR count). The number of nitrogens with one attached hydrogen (secondary N) is 1. The molecule has 0 bridgehead atoms. The molecule has 3 aromatic heterocycles. The van der Waals surface area contributed by atoms with Crippen molar-refractivity contribution in [3.8, 4) is 11.5 Å². The van der Waals surface area contributed by atoms with Crippen molar-refractivity contribution in [1.82, 2.24) is 29.7 Å². The van der Waals surface area contributed by atoms with Crippen molar-refractivity contribution in [3.63, 3.8) is 0 Å². The first-order valence-electron chi connectivity index (χ1n) is 11.2. The van der Waals surface area contributed by atoms with E-state index in [1.54, 1.807) is 29.1 Å². The van der Waals surface area contributed by atoms with Crippen LogP contribution in [0.3, 0.4) is 0 Å². The average Bonchev–Trinajstić information content (AvgIpc) is 2.82. The minimum Gasteiger partial charge on any atom is -0.486 e. The normalized spacial score (nSPS) is 17.0. The van der Waals surface area contributed by atoms with Gasteiger partial charge in [0.2, 0.25) is 0 Å². The number of likely N-dealkylation sites (tertiary alicyclic amines) is 1. The van der Waals surface area contributed by atoms with Gasteiger partial charge in [-0.15, -0.1) is 0 Å². The SMILES string of the molecule is Cc1cnc2ccc(=O)n(CCN3CCC(NCc4cc5c(cn4)OCCO5)CC3)c2n1. The van der Waals surface area contributed by atoms with Crippen molar-refractivity contribution in [2.45, 2.75) is 38.9 Å². The van der Waals surface area contributed by atoms with E-state index in [9.17, 15) is 4.79 Å². The Bertz CT molecular complexity index is 1160. The van der Waals surface area contributed by atoms with Gasteiger partial charge in [-0.25, -0.2) is 4.98 Å². The van der Waals surface area contributed by atoms with Gasteiger partial charge in [-0.05, 0) is 38.9 Å². The summed E-state index contributed by atoms with van der Waals surface area (Å²) in [6.45, 7) is 7.20. The summed E-state index contributed by atoms with van der Waals surface area (Å²) in [5.74, 6) is 1.50. The molecule has 0 amide bonds. The van der Waals surface area contributed by atoms with Crippen LogP contribution in [0.25, 0.3) is 11.2 Å². The fraction of sp³-hybridized carbons (Fsp3) is 0.478. The van der Waals surface area contributed by atoms with Gasteiger partial charge in [-0.3, -0.25) is 19.3 Å². The van der Waals surface area contributed by atoms with E-state index in [0.717, 1.165) is 60.9 Å². The number of ether oxygens (including phenoxy) is 2. The number of piperidine rings is 1. The van der Waals surface area contributed by atoms with Gasteiger partial charge in [0, 0.05) is 44.0 Å². The van der Waals surface area contributed by atoms with Gasteiger partial charge < -0.3 is 19.7 Å². The van der Waals surface area contributed by atoms with E-state index in [1.165, 1.54) is 0 Å². The molecule has 0 unspecified atom stereocenters. The largest absolute Gasteiger partial charge is 0.486 e. The van der Waals surface area contributed by atoms with E-state index in [2.05, 4.69) is 25.2 Å². The summed E-state index contributed by atoms with van der Waals surface area (Å²) in [4.78, 5) is 28.2. The molecule has 0 aliphatic carbocycles. The number of aryl methyl sites for hydroxylation is 1. The van der Waals surface area contributed by atoms with Gasteiger partial charge in [0.1, 0.15) is 18.7 Å². The number of aromatic nitrogens is 4. The van der Waals surface area contributed by atoms with Gasteiger partial charge >= 0.3 is 0 Å². The van der Waals surface area contributed by atoms with Crippen LogP contribution in [0.15, 0.2) is 35.4 Å². The second kappa shape index (κ2) is 9.22. The molecular weight excluding hydrogens is 408 g/mol. The third-order valence-corrected chi connectivity index (χ3v) is 6.09. The molecule has 0 saturated carbocycles. The minimum atomic E-state index is -0.0270. The Hall–Kier alpha value is -3.04. The molecule has 32 heavy (non-hydrogen) atoms. The Morgan fingerprint density at radius 2 is 1.88 bits per heavy atom. The van der Waals surface area contributed by atoms with Crippen LogP contribution in [0.1, 0.15) is 24.2 Å². The molecule has 2 aliphatic rings. The average molecular weight is 437 g/mol. The lowest BCUT2D eigenvalue weighted by atomic mass is 10.0. The third-order valence-electron chi connectivity index (χ3n) is 6.09. The number of hydrogen-bond acceptors (Lipinski definition) is 8. The van der Waals surface area contributed by atoms with E-state index >= 15 is 0 Å². The van der Waals surface area contributed by atoms with Crippen LogP contribution >= 0.6 is 0 Å². The van der Waals surface area contributed by atoms with Crippen molar-refractivity contribution in [2.24, 2.45) is 0 Å². The highest BCUT2D eigenvalue weighted by Crippen LogP contribution is 2.29. The third kappa shape index (κ3) is 4.58. The Morgan fingerprint density at radius 3 is 2.72 bits per heavy atom. The highest BCUT2D eigenvalue weighted by atomic mass is 16.6. The van der Waals surface area contributed by atoms with Crippen molar-refractivity contribution in [2.75, 3.05) is 32.8 Å². The van der Waals surface area contributed by atoms with E-state index < -0.39 is 0 Å². The van der Waals surface area contributed by atoms with Crippen LogP contribution < -0.4 is 20.3 Å². The lowest BCUT2D eigenvalue weighted by molar-refractivity contribution is 0.170. The fourth-order valence-electron chi connectivity index (χ4n) is 4.29. The summed E-state index contributed by atoms with van der Waals surface area (Å²) < 4.78 is 12.9. The zero-order valence-corrected chi connectivity index (χ0v) is 18.3. The topological polar surface area (TPSA) is 94.4 Å². The van der Waals surface area contributed by atoms with Crippen LogP contribution in [-0.2, 0) is 13.1 Å². The van der Waals surface area contributed by atoms with Crippen molar-refractivity contribution < 1.29 is 9.47 Å². The Kier molecular flexibility index (Phi) is 6.00. The molecule has 0 aromatic carbocycles. The van der Waals surface area contributed by atoms with Crippen LogP contribution in [-0.4, -0.2) is 63.3 Å². The molecule has 3 aromatic rings. The predicted molar refractivity (Wildman–Crippen MR) is 120 cm³/mol. The molecule has 168 valence electrons. The Balaban J connectivity index is 1.13. The second-order valence-corrected chi connectivity index (χ2v) is 8.36. The first-order valence-corrected chi connectivity index (χ1v) is 11.2.